The molecule has 31 heavy (non-hydrogen) atoms. The van der Waals surface area contributed by atoms with Gasteiger partial charge in [0.1, 0.15) is 5.82 Å². The summed E-state index contributed by atoms with van der Waals surface area (Å²) in [5.41, 5.74) is 3.32. The molecular weight excluding hydrogens is 412 g/mol. The fourth-order valence-corrected chi connectivity index (χ4v) is 5.86. The number of rotatable bonds is 8. The Kier molecular flexibility index (Phi) is 5.39. The first-order chi connectivity index (χ1) is 15.0. The van der Waals surface area contributed by atoms with E-state index in [2.05, 4.69) is 55.6 Å². The Morgan fingerprint density at radius 3 is 3.03 bits per heavy atom. The lowest BCUT2D eigenvalue weighted by atomic mass is 9.70. The van der Waals surface area contributed by atoms with Crippen LogP contribution in [0.5, 0.6) is 0 Å². The van der Waals surface area contributed by atoms with Crippen molar-refractivity contribution in [3.8, 4) is 0 Å². The second kappa shape index (κ2) is 8.20. The molecule has 3 aromatic rings. The number of aromatic amines is 1. The molecular formula is C22H28N6O2S. The van der Waals surface area contributed by atoms with Gasteiger partial charge in [-0.3, -0.25) is 9.69 Å². The highest BCUT2D eigenvalue weighted by atomic mass is 32.1. The molecule has 0 spiro atoms. The van der Waals surface area contributed by atoms with Crippen LogP contribution >= 0.6 is 11.3 Å². The van der Waals surface area contributed by atoms with Gasteiger partial charge in [-0.05, 0) is 25.2 Å². The van der Waals surface area contributed by atoms with Gasteiger partial charge in [-0.25, -0.2) is 9.97 Å². The molecule has 3 aromatic heterocycles. The number of carbonyl (C=O) groups excluding carboxylic acids is 1. The van der Waals surface area contributed by atoms with E-state index in [0.717, 1.165) is 42.2 Å². The zero-order valence-corrected chi connectivity index (χ0v) is 18.7. The van der Waals surface area contributed by atoms with Crippen molar-refractivity contribution in [2.24, 2.45) is 5.41 Å². The summed E-state index contributed by atoms with van der Waals surface area (Å²) in [6.07, 6.45) is 7.09. The molecule has 2 aliphatic heterocycles. The van der Waals surface area contributed by atoms with Crippen molar-refractivity contribution in [2.45, 2.75) is 70.6 Å². The second-order valence-corrected chi connectivity index (χ2v) is 9.75. The molecule has 2 N–H and O–H groups in total. The Morgan fingerprint density at radius 1 is 1.42 bits per heavy atom. The first kappa shape index (κ1) is 20.4. The SMILES string of the molecule is CC(C)c1cc(CN2[C@@H]3CC[C@H]2[C@@](Cc2cscn2)(C(=O)NCc2ncc[nH]2)C3)on1. The van der Waals surface area contributed by atoms with Crippen LogP contribution in [0, 0.1) is 5.41 Å². The monoisotopic (exact) mass is 440 g/mol. The first-order valence-electron chi connectivity index (χ1n) is 10.9. The van der Waals surface area contributed by atoms with E-state index in [1.54, 1.807) is 23.7 Å². The van der Waals surface area contributed by atoms with E-state index in [0.29, 0.717) is 31.5 Å². The standard InChI is InChI=1S/C22H28N6O2S/c1-14(2)18-7-17(30-27-18)11-28-16-3-4-19(28)22(9-16,8-15-12-31-13-26-15)21(29)25-10-20-23-5-6-24-20/h5-7,12-14,16,19H,3-4,8-11H2,1-2H3,(H,23,24)(H,25,29)/t16-,19+,22+/m1/s1. The third-order valence-electron chi connectivity index (χ3n) is 6.79. The zero-order chi connectivity index (χ0) is 21.4. The molecule has 8 nitrogen and oxygen atoms in total. The molecule has 2 bridgehead atoms. The van der Waals surface area contributed by atoms with Crippen molar-refractivity contribution < 1.29 is 9.32 Å². The van der Waals surface area contributed by atoms with Crippen LogP contribution in [-0.4, -0.2) is 43.0 Å². The fourth-order valence-electron chi connectivity index (χ4n) is 5.30. The molecule has 0 aliphatic carbocycles. The van der Waals surface area contributed by atoms with Gasteiger partial charge in [0.25, 0.3) is 0 Å². The van der Waals surface area contributed by atoms with Crippen LogP contribution in [0.1, 0.15) is 62.0 Å². The number of carbonyl (C=O) groups is 1. The molecule has 0 radical (unpaired) electrons. The maximum atomic E-state index is 13.6. The molecule has 5 heterocycles. The molecule has 0 aromatic carbocycles. The number of nitrogens with zero attached hydrogens (tertiary/aromatic N) is 4. The van der Waals surface area contributed by atoms with E-state index in [9.17, 15) is 4.79 Å². The summed E-state index contributed by atoms with van der Waals surface area (Å²) >= 11 is 1.58. The van der Waals surface area contributed by atoms with Gasteiger partial charge in [-0.2, -0.15) is 0 Å². The molecule has 5 rings (SSSR count). The Morgan fingerprint density at radius 2 is 2.32 bits per heavy atom. The highest BCUT2D eigenvalue weighted by Crippen LogP contribution is 2.52. The van der Waals surface area contributed by atoms with Gasteiger partial charge < -0.3 is 14.8 Å². The molecule has 9 heteroatoms. The maximum absolute atomic E-state index is 13.6. The summed E-state index contributed by atoms with van der Waals surface area (Å²) in [6.45, 7) is 5.33. The van der Waals surface area contributed by atoms with Gasteiger partial charge in [-0.1, -0.05) is 19.0 Å². The lowest BCUT2D eigenvalue weighted by molar-refractivity contribution is -0.133. The Hall–Kier alpha value is -2.52. The van der Waals surface area contributed by atoms with Crippen LogP contribution in [0.15, 0.2) is 33.9 Å². The van der Waals surface area contributed by atoms with E-state index in [4.69, 9.17) is 4.52 Å². The highest BCUT2D eigenvalue weighted by Gasteiger charge is 2.59. The predicted molar refractivity (Wildman–Crippen MR) is 116 cm³/mol. The van der Waals surface area contributed by atoms with E-state index in [1.807, 2.05) is 5.51 Å². The minimum absolute atomic E-state index is 0.0922. The Labute approximate surface area is 185 Å². The van der Waals surface area contributed by atoms with E-state index in [1.165, 1.54) is 0 Å². The molecule has 164 valence electrons. The van der Waals surface area contributed by atoms with Crippen LogP contribution in [0.2, 0.25) is 0 Å². The van der Waals surface area contributed by atoms with E-state index < -0.39 is 5.41 Å². The minimum atomic E-state index is -0.496. The first-order valence-corrected chi connectivity index (χ1v) is 11.8. The number of imidazole rings is 1. The third kappa shape index (κ3) is 3.80. The summed E-state index contributed by atoms with van der Waals surface area (Å²) in [6, 6.07) is 2.58. The molecule has 2 aliphatic rings. The van der Waals surface area contributed by atoms with Gasteiger partial charge >= 0.3 is 0 Å². The molecule has 3 atom stereocenters. The van der Waals surface area contributed by atoms with E-state index in [-0.39, 0.29) is 11.9 Å². The van der Waals surface area contributed by atoms with Crippen LogP contribution in [0.4, 0.5) is 0 Å². The summed E-state index contributed by atoms with van der Waals surface area (Å²) in [7, 11) is 0. The molecule has 0 unspecified atom stereocenters. The van der Waals surface area contributed by atoms with Crippen LogP contribution in [-0.2, 0) is 24.3 Å². The smallest absolute Gasteiger partial charge is 0.228 e. The zero-order valence-electron chi connectivity index (χ0n) is 17.9. The lowest BCUT2D eigenvalue weighted by Gasteiger charge is -2.36. The second-order valence-electron chi connectivity index (χ2n) is 9.03. The van der Waals surface area contributed by atoms with Crippen LogP contribution in [0.3, 0.4) is 0 Å². The predicted octanol–water partition coefficient (Wildman–Crippen LogP) is 3.26. The molecule has 2 saturated heterocycles. The molecule has 2 fully saturated rings. The average Bonchev–Trinajstić information content (AvgIpc) is 3.57. The van der Waals surface area contributed by atoms with Crippen molar-refractivity contribution >= 4 is 17.2 Å². The quantitative estimate of drug-likeness (QED) is 0.558. The van der Waals surface area contributed by atoms with Crippen molar-refractivity contribution in [2.75, 3.05) is 0 Å². The number of amides is 1. The topological polar surface area (TPSA) is 99.9 Å². The number of fused-ring (bicyclic) bond motifs is 2. The summed E-state index contributed by atoms with van der Waals surface area (Å²) in [5.74, 6) is 2.07. The number of thiazole rings is 1. The largest absolute Gasteiger partial charge is 0.360 e. The Bertz CT molecular complexity index is 1010. The third-order valence-corrected chi connectivity index (χ3v) is 7.43. The van der Waals surface area contributed by atoms with Crippen molar-refractivity contribution in [3.63, 3.8) is 0 Å². The Balaban J connectivity index is 1.38. The van der Waals surface area contributed by atoms with Crippen molar-refractivity contribution in [1.29, 1.82) is 0 Å². The summed E-state index contributed by atoms with van der Waals surface area (Å²) in [5, 5.41) is 9.43. The van der Waals surface area contributed by atoms with Gasteiger partial charge in [-0.15, -0.1) is 11.3 Å². The van der Waals surface area contributed by atoms with Gasteiger partial charge in [0.2, 0.25) is 5.91 Å². The molecule has 0 saturated carbocycles. The van der Waals surface area contributed by atoms with Crippen LogP contribution in [0.25, 0.3) is 0 Å². The minimum Gasteiger partial charge on any atom is -0.360 e. The highest BCUT2D eigenvalue weighted by molar-refractivity contribution is 7.07. The molecule has 1 amide bonds. The number of H-pyrrole nitrogens is 1. The summed E-state index contributed by atoms with van der Waals surface area (Å²) < 4.78 is 5.63. The van der Waals surface area contributed by atoms with Crippen molar-refractivity contribution in [3.05, 3.63) is 52.3 Å². The van der Waals surface area contributed by atoms with Crippen molar-refractivity contribution in [1.82, 2.24) is 30.3 Å². The number of nitrogens with one attached hydrogen (secondary N) is 2. The summed E-state index contributed by atoms with van der Waals surface area (Å²) in [4.78, 5) is 27.9. The van der Waals surface area contributed by atoms with Crippen LogP contribution < -0.4 is 5.32 Å². The van der Waals surface area contributed by atoms with E-state index >= 15 is 0 Å². The van der Waals surface area contributed by atoms with Gasteiger partial charge in [0.05, 0.1) is 35.4 Å². The fraction of sp³-hybridized carbons (Fsp3) is 0.545. The maximum Gasteiger partial charge on any atom is 0.228 e. The number of aromatic nitrogens is 4. The normalized spacial score (nSPS) is 25.5. The lowest BCUT2D eigenvalue weighted by Crippen LogP contribution is -2.50. The van der Waals surface area contributed by atoms with Gasteiger partial charge in [0.15, 0.2) is 5.76 Å². The number of hydrogen-bond donors (Lipinski definition) is 2. The number of hydrogen-bond acceptors (Lipinski definition) is 7. The van der Waals surface area contributed by atoms with Gasteiger partial charge in [0, 0.05) is 42.3 Å². The average molecular weight is 441 g/mol.